The zero-order chi connectivity index (χ0) is 25.6. The smallest absolute Gasteiger partial charge is 0.408 e. The van der Waals surface area contributed by atoms with E-state index in [-0.39, 0.29) is 32.4 Å². The Bertz CT molecular complexity index is 966. The maximum absolute atomic E-state index is 13.0. The van der Waals surface area contributed by atoms with Gasteiger partial charge in [-0.15, -0.1) is 0 Å². The second-order valence-electron chi connectivity index (χ2n) is 8.12. The Hall–Kier alpha value is -3.88. The number of alkyl carbamates (subject to hydrolysis) is 1. The average Bonchev–Trinajstić information content (AvgIpc) is 2.85. The van der Waals surface area contributed by atoms with Crippen LogP contribution >= 0.6 is 0 Å². The number of nitrogens with zero attached hydrogens (tertiary/aromatic N) is 1. The number of hydrogen-bond acceptors (Lipinski definition) is 5. The molecule has 2 rings (SSSR count). The number of carbonyl (C=O) groups is 4. The first kappa shape index (κ1) is 27.4. The predicted octanol–water partition coefficient (Wildman–Crippen LogP) is 3.47. The van der Waals surface area contributed by atoms with Gasteiger partial charge in [-0.3, -0.25) is 4.79 Å². The predicted molar refractivity (Wildman–Crippen MR) is 129 cm³/mol. The summed E-state index contributed by atoms with van der Waals surface area (Å²) in [5.41, 5.74) is 1.52. The highest BCUT2D eigenvalue weighted by Crippen LogP contribution is 2.14. The summed E-state index contributed by atoms with van der Waals surface area (Å²) in [6.07, 6.45) is 0.152. The lowest BCUT2D eigenvalue weighted by Gasteiger charge is -2.29. The van der Waals surface area contributed by atoms with Crippen molar-refractivity contribution in [2.45, 2.75) is 57.7 Å². The van der Waals surface area contributed by atoms with Gasteiger partial charge in [-0.1, -0.05) is 74.0 Å². The van der Waals surface area contributed by atoms with Crippen LogP contribution < -0.4 is 5.32 Å². The van der Waals surface area contributed by atoms with Gasteiger partial charge in [0.15, 0.2) is 0 Å². The number of aliphatic carboxylic acids is 2. The molecule has 0 aliphatic carbocycles. The van der Waals surface area contributed by atoms with Gasteiger partial charge in [0.25, 0.3) is 0 Å². The minimum absolute atomic E-state index is 0.0253. The maximum Gasteiger partial charge on any atom is 0.408 e. The molecule has 9 heteroatoms. The van der Waals surface area contributed by atoms with Gasteiger partial charge in [-0.05, 0) is 24.0 Å². The van der Waals surface area contributed by atoms with E-state index in [1.54, 1.807) is 48.5 Å². The van der Waals surface area contributed by atoms with Gasteiger partial charge in [0.05, 0.1) is 0 Å². The number of amides is 2. The second-order valence-corrected chi connectivity index (χ2v) is 8.12. The van der Waals surface area contributed by atoms with E-state index >= 15 is 0 Å². The zero-order valence-electron chi connectivity index (χ0n) is 19.8. The van der Waals surface area contributed by atoms with Gasteiger partial charge in [-0.25, -0.2) is 14.4 Å². The third-order valence-electron chi connectivity index (χ3n) is 5.46. The topological polar surface area (TPSA) is 133 Å². The van der Waals surface area contributed by atoms with Crippen LogP contribution in [0.2, 0.25) is 0 Å². The molecule has 2 amide bonds. The Balaban J connectivity index is 2.01. The lowest BCUT2D eigenvalue weighted by atomic mass is 10.0. The fraction of sp³-hybridized carbons (Fsp3) is 0.385. The molecule has 188 valence electrons. The monoisotopic (exact) mass is 484 g/mol. The number of carbonyl (C=O) groups excluding carboxylic acids is 2. The highest BCUT2D eigenvalue weighted by Gasteiger charge is 2.31. The van der Waals surface area contributed by atoms with Crippen LogP contribution in [0.15, 0.2) is 60.7 Å². The molecule has 0 aliphatic rings. The molecule has 0 saturated heterocycles. The zero-order valence-corrected chi connectivity index (χ0v) is 19.8. The molecule has 35 heavy (non-hydrogen) atoms. The lowest BCUT2D eigenvalue weighted by molar-refractivity contribution is -0.150. The van der Waals surface area contributed by atoms with E-state index in [9.17, 15) is 29.4 Å². The number of carboxylic acid groups (broad SMARTS) is 2. The van der Waals surface area contributed by atoms with Crippen molar-refractivity contribution in [2.75, 3.05) is 6.54 Å². The summed E-state index contributed by atoms with van der Waals surface area (Å²) < 4.78 is 5.07. The quantitative estimate of drug-likeness (QED) is 0.374. The molecule has 3 N–H and O–H groups in total. The standard InChI is InChI=1S/C26H32N2O7/c1-2-3-16-28(22(25(32)33)17-19-10-6-4-7-11-19)23(29)15-14-21(24(30)31)27-26(34)35-18-20-12-8-5-9-13-20/h4-13,21-22H,2-3,14-18H2,1H3,(H,27,34)(H,30,31)(H,32,33)/t21-,22+/m0/s1. The molecule has 0 saturated carbocycles. The van der Waals surface area contributed by atoms with Crippen molar-refractivity contribution in [1.29, 1.82) is 0 Å². The fourth-order valence-electron chi connectivity index (χ4n) is 3.53. The Morgan fingerprint density at radius 2 is 1.51 bits per heavy atom. The van der Waals surface area contributed by atoms with E-state index in [0.29, 0.717) is 6.42 Å². The van der Waals surface area contributed by atoms with Gasteiger partial charge in [0.2, 0.25) is 5.91 Å². The van der Waals surface area contributed by atoms with Crippen LogP contribution in [0, 0.1) is 0 Å². The van der Waals surface area contributed by atoms with Crippen molar-refractivity contribution < 1.29 is 34.1 Å². The Morgan fingerprint density at radius 1 is 0.914 bits per heavy atom. The molecular formula is C26H32N2O7. The molecule has 0 fully saturated rings. The third kappa shape index (κ3) is 9.48. The summed E-state index contributed by atoms with van der Waals surface area (Å²) in [6.45, 7) is 2.15. The van der Waals surface area contributed by atoms with E-state index in [2.05, 4.69) is 5.32 Å². The SMILES string of the molecule is CCCCN(C(=O)CC[C@H](NC(=O)OCc1ccccc1)C(=O)O)[C@H](Cc1ccccc1)C(=O)O. The minimum Gasteiger partial charge on any atom is -0.480 e. The van der Waals surface area contributed by atoms with Crippen LogP contribution in [-0.4, -0.2) is 57.7 Å². The number of hydrogen-bond donors (Lipinski definition) is 3. The highest BCUT2D eigenvalue weighted by molar-refractivity contribution is 5.85. The summed E-state index contributed by atoms with van der Waals surface area (Å²) in [5, 5.41) is 21.6. The molecule has 0 bridgehead atoms. The van der Waals surface area contributed by atoms with E-state index < -0.39 is 36.0 Å². The van der Waals surface area contributed by atoms with Crippen LogP contribution in [0.25, 0.3) is 0 Å². The summed E-state index contributed by atoms with van der Waals surface area (Å²) in [5.74, 6) is -2.92. The first-order valence-corrected chi connectivity index (χ1v) is 11.6. The summed E-state index contributed by atoms with van der Waals surface area (Å²) >= 11 is 0. The molecule has 0 unspecified atom stereocenters. The van der Waals surface area contributed by atoms with Gasteiger partial charge in [-0.2, -0.15) is 0 Å². The van der Waals surface area contributed by atoms with Crippen molar-refractivity contribution in [3.63, 3.8) is 0 Å². The lowest BCUT2D eigenvalue weighted by Crippen LogP contribution is -2.48. The van der Waals surface area contributed by atoms with E-state index in [4.69, 9.17) is 4.74 Å². The number of carboxylic acids is 2. The largest absolute Gasteiger partial charge is 0.480 e. The van der Waals surface area contributed by atoms with Crippen molar-refractivity contribution in [2.24, 2.45) is 0 Å². The number of ether oxygens (including phenoxy) is 1. The van der Waals surface area contributed by atoms with Crippen LogP contribution in [0.4, 0.5) is 4.79 Å². The Labute approximate surface area is 204 Å². The minimum atomic E-state index is -1.35. The molecule has 0 spiro atoms. The molecule has 2 aromatic carbocycles. The fourth-order valence-corrected chi connectivity index (χ4v) is 3.53. The molecule has 9 nitrogen and oxygen atoms in total. The maximum atomic E-state index is 13.0. The Kier molecular flexibility index (Phi) is 11.3. The van der Waals surface area contributed by atoms with Crippen molar-refractivity contribution in [1.82, 2.24) is 10.2 Å². The third-order valence-corrected chi connectivity index (χ3v) is 5.46. The number of unbranched alkanes of at least 4 members (excludes halogenated alkanes) is 1. The number of rotatable bonds is 14. The molecular weight excluding hydrogens is 452 g/mol. The average molecular weight is 485 g/mol. The first-order valence-electron chi connectivity index (χ1n) is 11.6. The van der Waals surface area contributed by atoms with E-state index in [1.165, 1.54) is 4.90 Å². The van der Waals surface area contributed by atoms with Crippen LogP contribution in [0.5, 0.6) is 0 Å². The molecule has 2 aromatic rings. The van der Waals surface area contributed by atoms with Crippen LogP contribution in [0.1, 0.15) is 43.7 Å². The summed E-state index contributed by atoms with van der Waals surface area (Å²) in [7, 11) is 0. The number of benzene rings is 2. The van der Waals surface area contributed by atoms with Crippen LogP contribution in [0.3, 0.4) is 0 Å². The molecule has 0 aromatic heterocycles. The van der Waals surface area contributed by atoms with E-state index in [1.807, 2.05) is 19.1 Å². The van der Waals surface area contributed by atoms with Gasteiger partial charge in [0, 0.05) is 19.4 Å². The van der Waals surface area contributed by atoms with Gasteiger partial charge < -0.3 is 25.2 Å². The second kappa shape index (κ2) is 14.4. The molecule has 0 heterocycles. The summed E-state index contributed by atoms with van der Waals surface area (Å²) in [4.78, 5) is 50.1. The molecule has 0 radical (unpaired) electrons. The first-order chi connectivity index (χ1) is 16.8. The van der Waals surface area contributed by atoms with Crippen molar-refractivity contribution in [3.05, 3.63) is 71.8 Å². The molecule has 0 aliphatic heterocycles. The Morgan fingerprint density at radius 3 is 2.06 bits per heavy atom. The van der Waals surface area contributed by atoms with Crippen molar-refractivity contribution in [3.8, 4) is 0 Å². The van der Waals surface area contributed by atoms with Gasteiger partial charge >= 0.3 is 18.0 Å². The number of nitrogens with one attached hydrogen (secondary N) is 1. The van der Waals surface area contributed by atoms with Crippen molar-refractivity contribution >= 4 is 23.9 Å². The van der Waals surface area contributed by atoms with Crippen LogP contribution in [-0.2, 0) is 32.1 Å². The van der Waals surface area contributed by atoms with Gasteiger partial charge in [0.1, 0.15) is 18.7 Å². The normalized spacial score (nSPS) is 12.3. The molecule has 2 atom stereocenters. The highest BCUT2D eigenvalue weighted by atomic mass is 16.5. The van der Waals surface area contributed by atoms with E-state index in [0.717, 1.165) is 17.5 Å². The summed E-state index contributed by atoms with van der Waals surface area (Å²) in [6, 6.07) is 15.5.